The van der Waals surface area contributed by atoms with Crippen molar-refractivity contribution in [3.63, 3.8) is 0 Å². The van der Waals surface area contributed by atoms with Gasteiger partial charge in [0.25, 0.3) is 0 Å². The van der Waals surface area contributed by atoms with E-state index in [9.17, 15) is 9.59 Å². The highest BCUT2D eigenvalue weighted by molar-refractivity contribution is 5.87. The highest BCUT2D eigenvalue weighted by Crippen LogP contribution is 2.30. The number of nitrogens with two attached hydrogens (primary N) is 1. The molecule has 8 nitrogen and oxygen atoms in total. The van der Waals surface area contributed by atoms with E-state index < -0.39 is 0 Å². The molecule has 0 unspecified atom stereocenters. The zero-order chi connectivity index (χ0) is 16.6. The van der Waals surface area contributed by atoms with Crippen LogP contribution in [0.25, 0.3) is 0 Å². The van der Waals surface area contributed by atoms with Crippen LogP contribution < -0.4 is 10.6 Å². The standard InChI is InChI=1S/C15H22N6O2/c1-19(2)13(22)9-21-11-4-3-10(14(21)23)7-20(8-11)15-17-6-5-12(16)18-15/h5-6,10-11H,3-4,7-9H2,1-2H3,(H2,16,17,18)/t10-,11+/m1/s1. The van der Waals surface area contributed by atoms with Gasteiger partial charge in [-0.05, 0) is 18.9 Å². The summed E-state index contributed by atoms with van der Waals surface area (Å²) in [6.45, 7) is 1.34. The van der Waals surface area contributed by atoms with Crippen LogP contribution in [-0.2, 0) is 9.59 Å². The number of anilines is 2. The van der Waals surface area contributed by atoms with Gasteiger partial charge in [0.15, 0.2) is 0 Å². The lowest BCUT2D eigenvalue weighted by atomic mass is 9.94. The van der Waals surface area contributed by atoms with Crippen molar-refractivity contribution in [1.29, 1.82) is 0 Å². The van der Waals surface area contributed by atoms with Gasteiger partial charge in [0.1, 0.15) is 12.4 Å². The number of carbonyl (C=O) groups excluding carboxylic acids is 2. The van der Waals surface area contributed by atoms with Crippen molar-refractivity contribution in [3.05, 3.63) is 12.3 Å². The molecule has 3 aliphatic heterocycles. The van der Waals surface area contributed by atoms with Crippen LogP contribution >= 0.6 is 0 Å². The van der Waals surface area contributed by atoms with Gasteiger partial charge in [0, 0.05) is 39.4 Å². The maximum atomic E-state index is 12.7. The van der Waals surface area contributed by atoms with Gasteiger partial charge in [0.2, 0.25) is 17.8 Å². The number of rotatable bonds is 3. The molecular formula is C15H22N6O2. The molecule has 2 bridgehead atoms. The number of likely N-dealkylation sites (N-methyl/N-ethyl adjacent to an activating group) is 1. The minimum atomic E-state index is -0.117. The number of piperidine rings is 1. The smallest absolute Gasteiger partial charge is 0.241 e. The summed E-state index contributed by atoms with van der Waals surface area (Å²) in [4.78, 5) is 38.5. The van der Waals surface area contributed by atoms with Crippen molar-refractivity contribution in [1.82, 2.24) is 19.8 Å². The van der Waals surface area contributed by atoms with Crippen molar-refractivity contribution in [2.75, 3.05) is 44.4 Å². The number of hydrogen-bond acceptors (Lipinski definition) is 6. The van der Waals surface area contributed by atoms with Crippen LogP contribution in [0.4, 0.5) is 11.8 Å². The van der Waals surface area contributed by atoms with Crippen molar-refractivity contribution in [3.8, 4) is 0 Å². The van der Waals surface area contributed by atoms with Crippen molar-refractivity contribution in [2.45, 2.75) is 18.9 Å². The number of fused-ring (bicyclic) bond motifs is 4. The Kier molecular flexibility index (Phi) is 4.06. The Hall–Kier alpha value is -2.38. The Bertz CT molecular complexity index is 620. The van der Waals surface area contributed by atoms with Crippen LogP contribution in [0.15, 0.2) is 12.3 Å². The average Bonchev–Trinajstić information content (AvgIpc) is 2.80. The highest BCUT2D eigenvalue weighted by atomic mass is 16.2. The van der Waals surface area contributed by atoms with E-state index in [0.717, 1.165) is 12.8 Å². The minimum Gasteiger partial charge on any atom is -0.384 e. The molecule has 23 heavy (non-hydrogen) atoms. The molecule has 124 valence electrons. The molecule has 2 N–H and O–H groups in total. The second-order valence-corrected chi connectivity index (χ2v) is 6.37. The zero-order valence-electron chi connectivity index (χ0n) is 13.5. The summed E-state index contributed by atoms with van der Waals surface area (Å²) in [7, 11) is 3.41. The lowest BCUT2D eigenvalue weighted by Gasteiger charge is -2.35. The molecule has 8 heteroatoms. The zero-order valence-corrected chi connectivity index (χ0v) is 13.5. The molecule has 0 spiro atoms. The number of hydrogen-bond donors (Lipinski definition) is 1. The molecule has 4 heterocycles. The van der Waals surface area contributed by atoms with Gasteiger partial charge in [-0.25, -0.2) is 4.98 Å². The third kappa shape index (κ3) is 3.06. The van der Waals surface area contributed by atoms with Gasteiger partial charge in [-0.15, -0.1) is 0 Å². The Morgan fingerprint density at radius 1 is 1.39 bits per heavy atom. The van der Waals surface area contributed by atoms with Crippen LogP contribution in [0.1, 0.15) is 12.8 Å². The monoisotopic (exact) mass is 318 g/mol. The van der Waals surface area contributed by atoms with E-state index in [0.29, 0.717) is 24.9 Å². The van der Waals surface area contributed by atoms with Crippen molar-refractivity contribution < 1.29 is 9.59 Å². The summed E-state index contributed by atoms with van der Waals surface area (Å²) in [5.41, 5.74) is 5.74. The highest BCUT2D eigenvalue weighted by Gasteiger charge is 2.42. The number of aromatic nitrogens is 2. The average molecular weight is 318 g/mol. The van der Waals surface area contributed by atoms with Crippen LogP contribution in [0.3, 0.4) is 0 Å². The summed E-state index contributed by atoms with van der Waals surface area (Å²) < 4.78 is 0. The topological polar surface area (TPSA) is 95.7 Å². The third-order valence-electron chi connectivity index (χ3n) is 4.55. The molecule has 4 rings (SSSR count). The fourth-order valence-electron chi connectivity index (χ4n) is 3.21. The molecule has 1 aromatic heterocycles. The molecule has 3 saturated heterocycles. The summed E-state index contributed by atoms with van der Waals surface area (Å²) in [5.74, 6) is 0.849. The quantitative estimate of drug-likeness (QED) is 0.813. The second-order valence-electron chi connectivity index (χ2n) is 6.37. The van der Waals surface area contributed by atoms with Crippen molar-refractivity contribution in [2.24, 2.45) is 5.92 Å². The predicted octanol–water partition coefficient (Wildman–Crippen LogP) is -0.426. The number of nitrogen functional groups attached to an aromatic ring is 1. The van der Waals surface area contributed by atoms with E-state index in [1.807, 2.05) is 4.90 Å². The first-order valence-electron chi connectivity index (χ1n) is 7.80. The fraction of sp³-hybridized carbons (Fsp3) is 0.600. The first-order chi connectivity index (χ1) is 11.0. The van der Waals surface area contributed by atoms with Gasteiger partial charge in [-0.2, -0.15) is 4.98 Å². The first kappa shape index (κ1) is 15.5. The second kappa shape index (κ2) is 6.02. The molecule has 0 saturated carbocycles. The van der Waals surface area contributed by atoms with Gasteiger partial charge in [0.05, 0.1) is 5.92 Å². The Labute approximate surface area is 135 Å². The molecule has 0 radical (unpaired) electrons. The van der Waals surface area contributed by atoms with E-state index in [4.69, 9.17) is 5.73 Å². The van der Waals surface area contributed by atoms with E-state index >= 15 is 0 Å². The number of nitrogens with zero attached hydrogens (tertiary/aromatic N) is 5. The SMILES string of the molecule is CN(C)C(=O)CN1C(=O)[C@@H]2CC[C@H]1CN(c1nccc(N)n1)C2. The third-order valence-corrected chi connectivity index (χ3v) is 4.55. The molecule has 0 aromatic carbocycles. The summed E-state index contributed by atoms with van der Waals surface area (Å²) in [6.07, 6.45) is 3.37. The summed E-state index contributed by atoms with van der Waals surface area (Å²) in [6, 6.07) is 1.65. The van der Waals surface area contributed by atoms with Crippen LogP contribution in [0, 0.1) is 5.92 Å². The van der Waals surface area contributed by atoms with Crippen LogP contribution in [-0.4, -0.2) is 71.4 Å². The van der Waals surface area contributed by atoms with E-state index in [-0.39, 0.29) is 30.3 Å². The maximum absolute atomic E-state index is 12.7. The van der Waals surface area contributed by atoms with Crippen LogP contribution in [0.2, 0.25) is 0 Å². The molecule has 2 atom stereocenters. The van der Waals surface area contributed by atoms with E-state index in [1.165, 1.54) is 4.90 Å². The number of amides is 2. The fourth-order valence-corrected chi connectivity index (χ4v) is 3.21. The maximum Gasteiger partial charge on any atom is 0.241 e. The molecule has 3 aliphatic rings. The Morgan fingerprint density at radius 2 is 2.17 bits per heavy atom. The lowest BCUT2D eigenvalue weighted by molar-refractivity contribution is -0.145. The molecule has 0 aliphatic carbocycles. The van der Waals surface area contributed by atoms with Crippen LogP contribution in [0.5, 0.6) is 0 Å². The van der Waals surface area contributed by atoms with Crippen molar-refractivity contribution >= 4 is 23.6 Å². The van der Waals surface area contributed by atoms with Gasteiger partial charge in [-0.1, -0.05) is 0 Å². The first-order valence-corrected chi connectivity index (χ1v) is 7.80. The predicted molar refractivity (Wildman–Crippen MR) is 85.6 cm³/mol. The van der Waals surface area contributed by atoms with E-state index in [1.54, 1.807) is 31.3 Å². The lowest BCUT2D eigenvalue weighted by Crippen LogP contribution is -2.51. The summed E-state index contributed by atoms with van der Waals surface area (Å²) >= 11 is 0. The normalized spacial score (nSPS) is 23.8. The molecular weight excluding hydrogens is 296 g/mol. The molecule has 2 amide bonds. The van der Waals surface area contributed by atoms with Gasteiger partial charge >= 0.3 is 0 Å². The number of carbonyl (C=O) groups is 2. The van der Waals surface area contributed by atoms with Gasteiger partial charge < -0.3 is 20.4 Å². The van der Waals surface area contributed by atoms with Gasteiger partial charge in [-0.3, -0.25) is 9.59 Å². The van der Waals surface area contributed by atoms with E-state index in [2.05, 4.69) is 9.97 Å². The minimum absolute atomic E-state index is 0.00943. The largest absolute Gasteiger partial charge is 0.384 e. The Balaban J connectivity index is 1.82. The molecule has 3 fully saturated rings. The Morgan fingerprint density at radius 3 is 2.87 bits per heavy atom. The summed E-state index contributed by atoms with van der Waals surface area (Å²) in [5, 5.41) is 0. The molecule has 1 aromatic rings.